The number of halogens is 3. The number of hydrogen-bond donors (Lipinski definition) is 1. The molecule has 0 bridgehead atoms. The highest BCUT2D eigenvalue weighted by molar-refractivity contribution is 5.50. The molecule has 0 aromatic heterocycles. The van der Waals surface area contributed by atoms with Crippen molar-refractivity contribution in [3.8, 4) is 0 Å². The van der Waals surface area contributed by atoms with Crippen LogP contribution in [0.1, 0.15) is 20.8 Å². The molecule has 1 atom stereocenters. The van der Waals surface area contributed by atoms with Crippen molar-refractivity contribution in [3.05, 3.63) is 29.6 Å². The van der Waals surface area contributed by atoms with E-state index in [0.29, 0.717) is 19.2 Å². The van der Waals surface area contributed by atoms with E-state index in [9.17, 15) is 13.2 Å². The van der Waals surface area contributed by atoms with Crippen molar-refractivity contribution < 1.29 is 13.2 Å². The smallest absolute Gasteiger partial charge is 0.161 e. The molecule has 5 heteroatoms. The highest BCUT2D eigenvalue weighted by Crippen LogP contribution is 2.27. The lowest BCUT2D eigenvalue weighted by Gasteiger charge is -2.44. The Morgan fingerprint density at radius 3 is 2.44 bits per heavy atom. The summed E-state index contributed by atoms with van der Waals surface area (Å²) < 4.78 is 40.0. The van der Waals surface area contributed by atoms with Gasteiger partial charge in [0.2, 0.25) is 0 Å². The molecule has 0 saturated carbocycles. The number of nitrogens with zero attached hydrogens (tertiary/aromatic N) is 1. The van der Waals surface area contributed by atoms with Crippen LogP contribution in [-0.4, -0.2) is 24.7 Å². The number of nitrogens with one attached hydrogen (secondary N) is 1. The van der Waals surface area contributed by atoms with Gasteiger partial charge in [-0.2, -0.15) is 0 Å². The molecule has 2 rings (SSSR count). The SMILES string of the molecule is CC1CNC(C)(C)CN1c1cc(F)c(F)cc1F. The quantitative estimate of drug-likeness (QED) is 0.779. The van der Waals surface area contributed by atoms with Crippen LogP contribution in [0.15, 0.2) is 12.1 Å². The predicted octanol–water partition coefficient (Wildman–Crippen LogP) is 2.68. The van der Waals surface area contributed by atoms with E-state index in [-0.39, 0.29) is 17.3 Å². The molecule has 1 unspecified atom stereocenters. The number of rotatable bonds is 1. The average molecular weight is 258 g/mol. The zero-order chi connectivity index (χ0) is 13.5. The van der Waals surface area contributed by atoms with Crippen molar-refractivity contribution in [2.45, 2.75) is 32.4 Å². The predicted molar refractivity (Wildman–Crippen MR) is 65.2 cm³/mol. The van der Waals surface area contributed by atoms with Crippen molar-refractivity contribution in [2.24, 2.45) is 0 Å². The molecule has 1 N–H and O–H groups in total. The fourth-order valence-corrected chi connectivity index (χ4v) is 2.23. The standard InChI is InChI=1S/C13H17F3N2/c1-8-6-17-13(2,3)7-18(8)12-5-10(15)9(14)4-11(12)16/h4-5,8,17H,6-7H2,1-3H3. The van der Waals surface area contributed by atoms with Gasteiger partial charge in [0.05, 0.1) is 5.69 Å². The Balaban J connectivity index is 2.38. The second-order valence-electron chi connectivity index (χ2n) is 5.46. The topological polar surface area (TPSA) is 15.3 Å². The molecule has 1 aliphatic heterocycles. The molecule has 1 aromatic rings. The third-order valence-corrected chi connectivity index (χ3v) is 3.27. The normalized spacial score (nSPS) is 23.2. The number of anilines is 1. The largest absolute Gasteiger partial charge is 0.363 e. The molecule has 0 spiro atoms. The van der Waals surface area contributed by atoms with Gasteiger partial charge in [0, 0.05) is 36.8 Å². The maximum atomic E-state index is 13.8. The molecule has 18 heavy (non-hydrogen) atoms. The van der Waals surface area contributed by atoms with E-state index < -0.39 is 17.5 Å². The van der Waals surface area contributed by atoms with E-state index in [4.69, 9.17) is 0 Å². The summed E-state index contributed by atoms with van der Waals surface area (Å²) >= 11 is 0. The minimum Gasteiger partial charge on any atom is -0.363 e. The third-order valence-electron chi connectivity index (χ3n) is 3.27. The molecule has 1 saturated heterocycles. The Hall–Kier alpha value is -1.23. The first-order valence-electron chi connectivity index (χ1n) is 5.96. The van der Waals surface area contributed by atoms with Gasteiger partial charge >= 0.3 is 0 Å². The van der Waals surface area contributed by atoms with Crippen LogP contribution in [0.4, 0.5) is 18.9 Å². The van der Waals surface area contributed by atoms with E-state index in [1.165, 1.54) is 0 Å². The van der Waals surface area contributed by atoms with E-state index in [2.05, 4.69) is 5.32 Å². The average Bonchev–Trinajstić information content (AvgIpc) is 2.27. The minimum absolute atomic E-state index is 0.0254. The summed E-state index contributed by atoms with van der Waals surface area (Å²) in [6.45, 7) is 7.11. The number of hydrogen-bond acceptors (Lipinski definition) is 2. The summed E-state index contributed by atoms with van der Waals surface area (Å²) in [5.74, 6) is -2.90. The number of benzene rings is 1. The van der Waals surface area contributed by atoms with E-state index in [1.54, 1.807) is 4.90 Å². The summed E-state index contributed by atoms with van der Waals surface area (Å²) in [4.78, 5) is 1.77. The van der Waals surface area contributed by atoms with Gasteiger partial charge in [-0.15, -0.1) is 0 Å². The van der Waals surface area contributed by atoms with E-state index in [0.717, 1.165) is 6.07 Å². The Bertz CT molecular complexity index is 460. The molecule has 1 heterocycles. The van der Waals surface area contributed by atoms with Gasteiger partial charge in [0.25, 0.3) is 0 Å². The molecular weight excluding hydrogens is 241 g/mol. The third kappa shape index (κ3) is 2.46. The van der Waals surface area contributed by atoms with Gasteiger partial charge in [0.1, 0.15) is 5.82 Å². The van der Waals surface area contributed by atoms with Crippen LogP contribution in [0.2, 0.25) is 0 Å². The number of piperazine rings is 1. The summed E-state index contributed by atoms with van der Waals surface area (Å²) in [6.07, 6.45) is 0. The molecule has 100 valence electrons. The monoisotopic (exact) mass is 258 g/mol. The second kappa shape index (κ2) is 4.46. The fourth-order valence-electron chi connectivity index (χ4n) is 2.23. The van der Waals surface area contributed by atoms with Crippen LogP contribution < -0.4 is 10.2 Å². The van der Waals surface area contributed by atoms with Crippen LogP contribution in [-0.2, 0) is 0 Å². The lowest BCUT2D eigenvalue weighted by Crippen LogP contribution is -2.61. The van der Waals surface area contributed by atoms with Gasteiger partial charge in [-0.1, -0.05) is 0 Å². The zero-order valence-electron chi connectivity index (χ0n) is 10.7. The molecule has 1 fully saturated rings. The first-order chi connectivity index (χ1) is 8.30. The first kappa shape index (κ1) is 13.2. The molecule has 1 aromatic carbocycles. The van der Waals surface area contributed by atoms with Crippen molar-refractivity contribution >= 4 is 5.69 Å². The van der Waals surface area contributed by atoms with Gasteiger partial charge in [-0.3, -0.25) is 0 Å². The maximum Gasteiger partial charge on any atom is 0.161 e. The molecule has 0 radical (unpaired) electrons. The van der Waals surface area contributed by atoms with Gasteiger partial charge in [0.15, 0.2) is 11.6 Å². The Kier molecular flexibility index (Phi) is 3.27. The summed E-state index contributed by atoms with van der Waals surface area (Å²) in [7, 11) is 0. The van der Waals surface area contributed by atoms with Crippen molar-refractivity contribution in [1.29, 1.82) is 0 Å². The fraction of sp³-hybridized carbons (Fsp3) is 0.538. The molecule has 1 aliphatic rings. The molecule has 0 aliphatic carbocycles. The first-order valence-corrected chi connectivity index (χ1v) is 5.96. The maximum absolute atomic E-state index is 13.8. The van der Waals surface area contributed by atoms with Crippen molar-refractivity contribution in [2.75, 3.05) is 18.0 Å². The molecule has 0 amide bonds. The minimum atomic E-state index is -1.15. The van der Waals surface area contributed by atoms with Crippen molar-refractivity contribution in [3.63, 3.8) is 0 Å². The lowest BCUT2D eigenvalue weighted by atomic mass is 9.98. The van der Waals surface area contributed by atoms with Crippen LogP contribution in [0, 0.1) is 17.5 Å². The highest BCUT2D eigenvalue weighted by atomic mass is 19.2. The van der Waals surface area contributed by atoms with Gasteiger partial charge < -0.3 is 10.2 Å². The zero-order valence-corrected chi connectivity index (χ0v) is 10.7. The Morgan fingerprint density at radius 1 is 1.17 bits per heavy atom. The Morgan fingerprint density at radius 2 is 1.78 bits per heavy atom. The molecule has 2 nitrogen and oxygen atoms in total. The van der Waals surface area contributed by atoms with E-state index in [1.807, 2.05) is 20.8 Å². The van der Waals surface area contributed by atoms with Crippen LogP contribution in [0.5, 0.6) is 0 Å². The Labute approximate surface area is 105 Å². The summed E-state index contributed by atoms with van der Waals surface area (Å²) in [5, 5.41) is 3.32. The van der Waals surface area contributed by atoms with Crippen LogP contribution in [0.25, 0.3) is 0 Å². The second-order valence-corrected chi connectivity index (χ2v) is 5.46. The van der Waals surface area contributed by atoms with Crippen LogP contribution in [0.3, 0.4) is 0 Å². The van der Waals surface area contributed by atoms with Crippen molar-refractivity contribution in [1.82, 2.24) is 5.32 Å². The highest BCUT2D eigenvalue weighted by Gasteiger charge is 2.32. The van der Waals surface area contributed by atoms with Crippen LogP contribution >= 0.6 is 0 Å². The van der Waals surface area contributed by atoms with Gasteiger partial charge in [-0.25, -0.2) is 13.2 Å². The van der Waals surface area contributed by atoms with E-state index >= 15 is 0 Å². The summed E-state index contributed by atoms with van der Waals surface area (Å²) in [6, 6.07) is 1.56. The molecular formula is C13H17F3N2. The van der Waals surface area contributed by atoms with Gasteiger partial charge in [-0.05, 0) is 20.8 Å². The summed E-state index contributed by atoms with van der Waals surface area (Å²) in [5.41, 5.74) is -0.0694. The lowest BCUT2D eigenvalue weighted by molar-refractivity contribution is 0.316.